The molecule has 2 aromatic rings. The largest absolute Gasteiger partial charge is 0.423 e. The summed E-state index contributed by atoms with van der Waals surface area (Å²) in [6.07, 6.45) is 0.762. The topological polar surface area (TPSA) is 51.0 Å². The van der Waals surface area contributed by atoms with Gasteiger partial charge in [-0.25, -0.2) is 0 Å². The monoisotopic (exact) mass is 217 g/mol. The summed E-state index contributed by atoms with van der Waals surface area (Å²) in [7, 11) is 1.88. The summed E-state index contributed by atoms with van der Waals surface area (Å²) in [6, 6.07) is 10.0. The Bertz CT molecular complexity index is 439. The van der Waals surface area contributed by atoms with E-state index < -0.39 is 0 Å². The second kappa shape index (κ2) is 4.90. The van der Waals surface area contributed by atoms with Crippen LogP contribution in [0.5, 0.6) is 0 Å². The average Bonchev–Trinajstić information content (AvgIpc) is 2.80. The summed E-state index contributed by atoms with van der Waals surface area (Å²) in [5.41, 5.74) is 1.12. The summed E-state index contributed by atoms with van der Waals surface area (Å²) < 4.78 is 5.56. The molecule has 16 heavy (non-hydrogen) atoms. The third-order valence-corrected chi connectivity index (χ3v) is 2.45. The van der Waals surface area contributed by atoms with Crippen molar-refractivity contribution in [3.63, 3.8) is 0 Å². The Morgan fingerprint density at radius 3 is 2.56 bits per heavy atom. The van der Waals surface area contributed by atoms with E-state index >= 15 is 0 Å². The van der Waals surface area contributed by atoms with Gasteiger partial charge in [0, 0.05) is 6.42 Å². The summed E-state index contributed by atoms with van der Waals surface area (Å²) in [5, 5.41) is 11.2. The first-order valence-corrected chi connectivity index (χ1v) is 5.39. The maximum Gasteiger partial charge on any atom is 0.237 e. The van der Waals surface area contributed by atoms with Gasteiger partial charge in [0.1, 0.15) is 6.04 Å². The standard InChI is InChI=1S/C12H15N3O/c1-3-10-14-15-12(16-10)11(13-2)9-7-5-4-6-8-9/h4-8,11,13H,3H2,1-2H3. The predicted molar refractivity (Wildman–Crippen MR) is 61.0 cm³/mol. The van der Waals surface area contributed by atoms with E-state index in [1.165, 1.54) is 0 Å². The SMILES string of the molecule is CCc1nnc(C(NC)c2ccccc2)o1. The Morgan fingerprint density at radius 2 is 2.00 bits per heavy atom. The molecule has 0 aliphatic heterocycles. The van der Waals surface area contributed by atoms with Crippen molar-refractivity contribution >= 4 is 0 Å². The molecule has 84 valence electrons. The lowest BCUT2D eigenvalue weighted by Crippen LogP contribution is -2.17. The van der Waals surface area contributed by atoms with E-state index in [1.807, 2.05) is 44.3 Å². The van der Waals surface area contributed by atoms with Gasteiger partial charge >= 0.3 is 0 Å². The van der Waals surface area contributed by atoms with E-state index in [0.717, 1.165) is 12.0 Å². The van der Waals surface area contributed by atoms with Crippen LogP contribution in [0.4, 0.5) is 0 Å². The Labute approximate surface area is 94.7 Å². The van der Waals surface area contributed by atoms with Crippen molar-refractivity contribution in [3.05, 3.63) is 47.7 Å². The van der Waals surface area contributed by atoms with Gasteiger partial charge in [0.2, 0.25) is 11.8 Å². The van der Waals surface area contributed by atoms with E-state index in [0.29, 0.717) is 11.8 Å². The normalized spacial score (nSPS) is 12.6. The fourth-order valence-corrected chi connectivity index (χ4v) is 1.60. The van der Waals surface area contributed by atoms with E-state index in [4.69, 9.17) is 4.42 Å². The van der Waals surface area contributed by atoms with Gasteiger partial charge in [-0.15, -0.1) is 10.2 Å². The zero-order chi connectivity index (χ0) is 11.4. The molecule has 0 fully saturated rings. The molecule has 1 aromatic carbocycles. The first kappa shape index (κ1) is 10.8. The van der Waals surface area contributed by atoms with Gasteiger partial charge in [0.05, 0.1) is 0 Å². The van der Waals surface area contributed by atoms with Crippen LogP contribution >= 0.6 is 0 Å². The molecule has 0 aliphatic rings. The molecule has 0 aliphatic carbocycles. The molecule has 2 rings (SSSR count). The molecule has 1 atom stereocenters. The Kier molecular flexibility index (Phi) is 3.31. The molecule has 0 spiro atoms. The second-order valence-corrected chi connectivity index (χ2v) is 3.52. The van der Waals surface area contributed by atoms with E-state index in [-0.39, 0.29) is 6.04 Å². The third-order valence-electron chi connectivity index (χ3n) is 2.45. The Hall–Kier alpha value is -1.68. The molecular formula is C12H15N3O. The molecule has 4 nitrogen and oxygen atoms in total. The number of hydrogen-bond acceptors (Lipinski definition) is 4. The molecule has 1 N–H and O–H groups in total. The summed E-state index contributed by atoms with van der Waals surface area (Å²) in [6.45, 7) is 1.99. The fraction of sp³-hybridized carbons (Fsp3) is 0.333. The summed E-state index contributed by atoms with van der Waals surface area (Å²) >= 11 is 0. The number of rotatable bonds is 4. The highest BCUT2D eigenvalue weighted by Crippen LogP contribution is 2.20. The van der Waals surface area contributed by atoms with Gasteiger partial charge in [-0.1, -0.05) is 37.3 Å². The lowest BCUT2D eigenvalue weighted by Gasteiger charge is -2.11. The van der Waals surface area contributed by atoms with Crippen LogP contribution in [-0.4, -0.2) is 17.2 Å². The van der Waals surface area contributed by atoms with Crippen LogP contribution in [0.15, 0.2) is 34.7 Å². The molecular weight excluding hydrogens is 202 g/mol. The minimum Gasteiger partial charge on any atom is -0.423 e. The van der Waals surface area contributed by atoms with Crippen molar-refractivity contribution < 1.29 is 4.42 Å². The average molecular weight is 217 g/mol. The maximum absolute atomic E-state index is 5.56. The molecule has 1 unspecified atom stereocenters. The van der Waals surface area contributed by atoms with Crippen LogP contribution in [0, 0.1) is 0 Å². The predicted octanol–water partition coefficient (Wildman–Crippen LogP) is 1.94. The van der Waals surface area contributed by atoms with Crippen molar-refractivity contribution in [2.45, 2.75) is 19.4 Å². The summed E-state index contributed by atoms with van der Waals surface area (Å²) in [4.78, 5) is 0. The van der Waals surface area contributed by atoms with Gasteiger partial charge in [0.25, 0.3) is 0 Å². The van der Waals surface area contributed by atoms with Gasteiger partial charge in [-0.2, -0.15) is 0 Å². The number of benzene rings is 1. The van der Waals surface area contributed by atoms with E-state index in [1.54, 1.807) is 0 Å². The molecule has 1 heterocycles. The minimum atomic E-state index is -0.0333. The molecule has 0 amide bonds. The highest BCUT2D eigenvalue weighted by atomic mass is 16.4. The molecule has 0 saturated carbocycles. The lowest BCUT2D eigenvalue weighted by molar-refractivity contribution is 0.419. The lowest BCUT2D eigenvalue weighted by atomic mass is 10.1. The second-order valence-electron chi connectivity index (χ2n) is 3.52. The van der Waals surface area contributed by atoms with Crippen molar-refractivity contribution in [1.29, 1.82) is 0 Å². The van der Waals surface area contributed by atoms with Crippen LogP contribution in [0.2, 0.25) is 0 Å². The zero-order valence-electron chi connectivity index (χ0n) is 9.47. The molecule has 0 saturated heterocycles. The van der Waals surface area contributed by atoms with Gasteiger partial charge in [0.15, 0.2) is 0 Å². The maximum atomic E-state index is 5.56. The van der Waals surface area contributed by atoms with Gasteiger partial charge < -0.3 is 9.73 Å². The van der Waals surface area contributed by atoms with Gasteiger partial charge in [-0.05, 0) is 12.6 Å². The van der Waals surface area contributed by atoms with Crippen LogP contribution in [0.25, 0.3) is 0 Å². The van der Waals surface area contributed by atoms with E-state index in [2.05, 4.69) is 15.5 Å². The first-order chi connectivity index (χ1) is 7.85. The number of aryl methyl sites for hydroxylation is 1. The minimum absolute atomic E-state index is 0.0333. The highest BCUT2D eigenvalue weighted by Gasteiger charge is 2.17. The zero-order valence-corrected chi connectivity index (χ0v) is 9.47. The number of nitrogens with one attached hydrogen (secondary N) is 1. The molecule has 4 heteroatoms. The Morgan fingerprint density at radius 1 is 1.25 bits per heavy atom. The Balaban J connectivity index is 2.29. The molecule has 0 radical (unpaired) electrons. The van der Waals surface area contributed by atoms with Crippen molar-refractivity contribution in [2.24, 2.45) is 0 Å². The molecule has 0 bridgehead atoms. The van der Waals surface area contributed by atoms with Gasteiger partial charge in [-0.3, -0.25) is 0 Å². The van der Waals surface area contributed by atoms with Crippen LogP contribution < -0.4 is 5.32 Å². The van der Waals surface area contributed by atoms with Crippen LogP contribution in [-0.2, 0) is 6.42 Å². The molecule has 1 aromatic heterocycles. The smallest absolute Gasteiger partial charge is 0.237 e. The van der Waals surface area contributed by atoms with E-state index in [9.17, 15) is 0 Å². The highest BCUT2D eigenvalue weighted by molar-refractivity contribution is 5.23. The van der Waals surface area contributed by atoms with Crippen molar-refractivity contribution in [2.75, 3.05) is 7.05 Å². The first-order valence-electron chi connectivity index (χ1n) is 5.39. The summed E-state index contributed by atoms with van der Waals surface area (Å²) in [5.74, 6) is 1.29. The number of nitrogens with zero attached hydrogens (tertiary/aromatic N) is 2. The number of hydrogen-bond donors (Lipinski definition) is 1. The van der Waals surface area contributed by atoms with Crippen LogP contribution in [0.3, 0.4) is 0 Å². The van der Waals surface area contributed by atoms with Crippen molar-refractivity contribution in [3.8, 4) is 0 Å². The van der Waals surface area contributed by atoms with Crippen LogP contribution in [0.1, 0.15) is 30.3 Å². The quantitative estimate of drug-likeness (QED) is 0.850. The van der Waals surface area contributed by atoms with Crippen molar-refractivity contribution in [1.82, 2.24) is 15.5 Å². The number of aromatic nitrogens is 2. The fourth-order valence-electron chi connectivity index (χ4n) is 1.60. The third kappa shape index (κ3) is 2.12.